The lowest BCUT2D eigenvalue weighted by molar-refractivity contribution is 0.483. The van der Waals surface area contributed by atoms with Gasteiger partial charge in [0, 0.05) is 10.1 Å². The van der Waals surface area contributed by atoms with Crippen LogP contribution in [0.3, 0.4) is 0 Å². The van der Waals surface area contributed by atoms with Crippen LogP contribution < -0.4 is 5.46 Å². The normalized spacial score (nSPS) is 11.8. The first-order chi connectivity index (χ1) is 10.7. The van der Waals surface area contributed by atoms with Gasteiger partial charge in [-0.05, 0) is 24.3 Å². The van der Waals surface area contributed by atoms with E-state index in [0.717, 1.165) is 25.2 Å². The first kappa shape index (κ1) is 13.5. The fourth-order valence-corrected chi connectivity index (χ4v) is 4.07. The van der Waals surface area contributed by atoms with E-state index in [0.29, 0.717) is 10.6 Å². The van der Waals surface area contributed by atoms with E-state index in [-0.39, 0.29) is 5.75 Å². The summed E-state index contributed by atoms with van der Waals surface area (Å²) in [5.74, 6) is 0.273. The summed E-state index contributed by atoms with van der Waals surface area (Å²) in [6.45, 7) is 0. The lowest BCUT2D eigenvalue weighted by atomic mass is 9.97. The number of benzene rings is 2. The van der Waals surface area contributed by atoms with Gasteiger partial charge in [-0.25, -0.2) is 9.98 Å². The molecular formula is C16H9BN2OS2. The van der Waals surface area contributed by atoms with E-state index >= 15 is 0 Å². The van der Waals surface area contributed by atoms with Crippen molar-refractivity contribution in [3.05, 3.63) is 47.3 Å². The van der Waals surface area contributed by atoms with Gasteiger partial charge >= 0.3 is 0 Å². The quantitative estimate of drug-likeness (QED) is 0.451. The minimum atomic E-state index is 0.273. The average Bonchev–Trinajstić information content (AvgIpc) is 3.06. The van der Waals surface area contributed by atoms with E-state index in [1.165, 1.54) is 22.7 Å². The number of hydrogen-bond donors (Lipinski definition) is 1. The van der Waals surface area contributed by atoms with E-state index in [1.54, 1.807) is 6.21 Å². The van der Waals surface area contributed by atoms with Crippen LogP contribution in [0, 0.1) is 0 Å². The molecule has 0 amide bonds. The second-order valence-electron chi connectivity index (χ2n) is 4.79. The summed E-state index contributed by atoms with van der Waals surface area (Å²) in [5.41, 5.74) is 1.60. The number of aromatic nitrogens is 1. The van der Waals surface area contributed by atoms with Crippen LogP contribution in [0.5, 0.6) is 5.75 Å². The maximum absolute atomic E-state index is 10.2. The molecule has 0 spiro atoms. The molecule has 2 aromatic heterocycles. The summed E-state index contributed by atoms with van der Waals surface area (Å²) in [6.07, 6.45) is 1.67. The molecule has 0 aliphatic heterocycles. The van der Waals surface area contributed by atoms with Crippen molar-refractivity contribution in [1.29, 1.82) is 0 Å². The van der Waals surface area contributed by atoms with Gasteiger partial charge in [-0.15, -0.1) is 11.3 Å². The van der Waals surface area contributed by atoms with Crippen LogP contribution in [-0.4, -0.2) is 24.2 Å². The van der Waals surface area contributed by atoms with Crippen molar-refractivity contribution in [3.8, 4) is 5.75 Å². The van der Waals surface area contributed by atoms with Crippen molar-refractivity contribution in [2.45, 2.75) is 0 Å². The smallest absolute Gasteiger partial charge is 0.210 e. The van der Waals surface area contributed by atoms with Gasteiger partial charge in [0.15, 0.2) is 0 Å². The number of nitrogens with zero attached hydrogens (tertiary/aromatic N) is 2. The highest BCUT2D eigenvalue weighted by Crippen LogP contribution is 2.36. The summed E-state index contributed by atoms with van der Waals surface area (Å²) in [6, 6.07) is 13.4. The summed E-state index contributed by atoms with van der Waals surface area (Å²) in [7, 11) is 5.77. The van der Waals surface area contributed by atoms with Gasteiger partial charge in [0.25, 0.3) is 0 Å². The van der Waals surface area contributed by atoms with Crippen LogP contribution in [0.15, 0.2) is 47.5 Å². The van der Waals surface area contributed by atoms with E-state index < -0.39 is 0 Å². The van der Waals surface area contributed by atoms with E-state index in [4.69, 9.17) is 7.85 Å². The minimum absolute atomic E-state index is 0.273. The van der Waals surface area contributed by atoms with E-state index in [2.05, 4.69) is 9.98 Å². The zero-order chi connectivity index (χ0) is 15.1. The van der Waals surface area contributed by atoms with Gasteiger partial charge < -0.3 is 5.11 Å². The van der Waals surface area contributed by atoms with Gasteiger partial charge in [-0.2, -0.15) is 0 Å². The molecule has 4 rings (SSSR count). The van der Waals surface area contributed by atoms with Crippen LogP contribution in [0.25, 0.3) is 20.3 Å². The van der Waals surface area contributed by atoms with E-state index in [1.807, 2.05) is 42.5 Å². The molecule has 0 aliphatic carbocycles. The van der Waals surface area contributed by atoms with Crippen molar-refractivity contribution in [3.63, 3.8) is 0 Å². The van der Waals surface area contributed by atoms with Gasteiger partial charge in [0.1, 0.15) is 13.6 Å². The van der Waals surface area contributed by atoms with E-state index in [9.17, 15) is 5.11 Å². The molecule has 2 heterocycles. The molecule has 1 N–H and O–H groups in total. The molecule has 3 nitrogen and oxygen atoms in total. The zero-order valence-corrected chi connectivity index (χ0v) is 13.0. The van der Waals surface area contributed by atoms with Gasteiger partial charge in [-0.3, -0.25) is 0 Å². The summed E-state index contributed by atoms with van der Waals surface area (Å²) in [5, 5.41) is 11.7. The Hall–Kier alpha value is -2.18. The molecule has 2 radical (unpaired) electrons. The molecule has 104 valence electrons. The Balaban J connectivity index is 1.73. The van der Waals surface area contributed by atoms with Crippen LogP contribution >= 0.6 is 22.7 Å². The molecule has 0 fully saturated rings. The molecule has 22 heavy (non-hydrogen) atoms. The SMILES string of the molecule is [B]c1ccc2nc(N=Cc3sc4ccccc4c3O)sc2c1. The second-order valence-corrected chi connectivity index (χ2v) is 6.89. The highest BCUT2D eigenvalue weighted by atomic mass is 32.1. The molecule has 0 saturated heterocycles. The van der Waals surface area contributed by atoms with Crippen LogP contribution in [-0.2, 0) is 0 Å². The predicted octanol–water partition coefficient (Wildman–Crippen LogP) is 3.76. The van der Waals surface area contributed by atoms with Crippen LogP contribution in [0.2, 0.25) is 0 Å². The maximum Gasteiger partial charge on any atom is 0.210 e. The van der Waals surface area contributed by atoms with Gasteiger partial charge in [0.2, 0.25) is 5.13 Å². The summed E-state index contributed by atoms with van der Waals surface area (Å²) in [4.78, 5) is 9.57. The lowest BCUT2D eigenvalue weighted by Crippen LogP contribution is -1.98. The van der Waals surface area contributed by atoms with Crippen LogP contribution in [0.1, 0.15) is 4.88 Å². The Morgan fingerprint density at radius 3 is 2.82 bits per heavy atom. The minimum Gasteiger partial charge on any atom is -0.506 e. The molecule has 0 bridgehead atoms. The number of hydrogen-bond acceptors (Lipinski definition) is 5. The molecule has 0 saturated carbocycles. The number of thiazole rings is 1. The third-order valence-corrected chi connectivity index (χ3v) is 5.31. The Morgan fingerprint density at radius 1 is 1.09 bits per heavy atom. The third-order valence-electron chi connectivity index (χ3n) is 3.29. The third kappa shape index (κ3) is 2.30. The number of thiophene rings is 1. The number of rotatable bonds is 2. The lowest BCUT2D eigenvalue weighted by Gasteiger charge is -1.89. The first-order valence-electron chi connectivity index (χ1n) is 6.61. The van der Waals surface area contributed by atoms with Gasteiger partial charge in [-0.1, -0.05) is 35.0 Å². The molecular weight excluding hydrogens is 311 g/mol. The Labute approximate surface area is 136 Å². The number of aliphatic imine (C=N–C) groups is 1. The Kier molecular flexibility index (Phi) is 3.20. The average molecular weight is 320 g/mol. The highest BCUT2D eigenvalue weighted by Gasteiger charge is 2.09. The molecule has 2 aromatic carbocycles. The fourth-order valence-electron chi connectivity index (χ4n) is 2.24. The van der Waals surface area contributed by atoms with Crippen molar-refractivity contribution in [1.82, 2.24) is 4.98 Å². The Morgan fingerprint density at radius 2 is 1.95 bits per heavy atom. The molecule has 0 unspecified atom stereocenters. The van der Waals surface area contributed by atoms with Gasteiger partial charge in [0.05, 0.1) is 21.3 Å². The number of aromatic hydroxyl groups is 1. The predicted molar refractivity (Wildman–Crippen MR) is 95.8 cm³/mol. The maximum atomic E-state index is 10.2. The standard InChI is InChI=1S/C16H9BN2OS2/c17-9-5-6-11-13(7-9)22-16(19-11)18-8-14-15(20)10-3-1-2-4-12(10)21-14/h1-8,20H. The summed E-state index contributed by atoms with van der Waals surface area (Å²) >= 11 is 2.99. The zero-order valence-electron chi connectivity index (χ0n) is 11.4. The van der Waals surface area contributed by atoms with Crippen LogP contribution in [0.4, 0.5) is 5.13 Å². The largest absolute Gasteiger partial charge is 0.506 e. The highest BCUT2D eigenvalue weighted by molar-refractivity contribution is 7.22. The molecule has 0 aliphatic rings. The summed E-state index contributed by atoms with van der Waals surface area (Å²) < 4.78 is 2.05. The molecule has 6 heteroatoms. The topological polar surface area (TPSA) is 45.5 Å². The van der Waals surface area contributed by atoms with Crippen molar-refractivity contribution in [2.75, 3.05) is 0 Å². The second kappa shape index (κ2) is 5.23. The van der Waals surface area contributed by atoms with Crippen molar-refractivity contribution >= 4 is 67.6 Å². The first-order valence-corrected chi connectivity index (χ1v) is 8.24. The fraction of sp³-hybridized carbons (Fsp3) is 0. The number of fused-ring (bicyclic) bond motifs is 2. The van der Waals surface area contributed by atoms with Crippen molar-refractivity contribution in [2.24, 2.45) is 4.99 Å². The Bertz CT molecular complexity index is 1020. The molecule has 0 atom stereocenters. The van der Waals surface area contributed by atoms with Crippen molar-refractivity contribution < 1.29 is 5.11 Å². The molecule has 4 aromatic rings. The monoisotopic (exact) mass is 320 g/mol.